The molecule has 0 aliphatic heterocycles. The normalized spacial score (nSPS) is 9.95. The summed E-state index contributed by atoms with van der Waals surface area (Å²) in [5, 5.41) is 2.72. The second-order valence-corrected chi connectivity index (χ2v) is 4.03. The van der Waals surface area contributed by atoms with Gasteiger partial charge in [-0.15, -0.1) is 0 Å². The van der Waals surface area contributed by atoms with Gasteiger partial charge in [-0.3, -0.25) is 4.79 Å². The average Bonchev–Trinajstić information content (AvgIpc) is 2.42. The van der Waals surface area contributed by atoms with Gasteiger partial charge >= 0.3 is 0 Å². The molecule has 0 saturated carbocycles. The van der Waals surface area contributed by atoms with E-state index in [2.05, 4.69) is 5.32 Å². The summed E-state index contributed by atoms with van der Waals surface area (Å²) in [6, 6.07) is 14.4. The van der Waals surface area contributed by atoms with E-state index < -0.39 is 0 Å². The molecule has 0 heterocycles. The largest absolute Gasteiger partial charge is 0.455 e. The summed E-state index contributed by atoms with van der Waals surface area (Å²) in [6.07, 6.45) is 0. The summed E-state index contributed by atoms with van der Waals surface area (Å²) in [6.45, 7) is 2.45. The fourth-order valence-electron chi connectivity index (χ4n) is 1.66. The number of carbonyl (C=O) groups excluding carboxylic acids is 1. The van der Waals surface area contributed by atoms with E-state index in [0.29, 0.717) is 29.3 Å². The van der Waals surface area contributed by atoms with Crippen molar-refractivity contribution in [2.24, 2.45) is 0 Å². The number of rotatable bonds is 4. The molecule has 0 radical (unpaired) electrons. The van der Waals surface area contributed by atoms with Gasteiger partial charge in [0.1, 0.15) is 11.5 Å². The molecule has 19 heavy (non-hydrogen) atoms. The minimum Gasteiger partial charge on any atom is -0.455 e. The summed E-state index contributed by atoms with van der Waals surface area (Å²) in [5.74, 6) is 1.11. The van der Waals surface area contributed by atoms with Gasteiger partial charge in [-0.25, -0.2) is 0 Å². The molecule has 0 spiro atoms. The van der Waals surface area contributed by atoms with Crippen LogP contribution in [0.3, 0.4) is 0 Å². The minimum atomic E-state index is -0.138. The molecule has 0 aliphatic carbocycles. The first-order valence-corrected chi connectivity index (χ1v) is 6.11. The van der Waals surface area contributed by atoms with Crippen LogP contribution in [0.4, 0.5) is 5.69 Å². The lowest BCUT2D eigenvalue weighted by Crippen LogP contribution is -2.22. The van der Waals surface area contributed by atoms with Gasteiger partial charge in [0.2, 0.25) is 0 Å². The molecule has 1 amide bonds. The number of carbonyl (C=O) groups is 1. The molecular weight excluding hydrogens is 240 g/mol. The van der Waals surface area contributed by atoms with Crippen LogP contribution in [-0.2, 0) is 0 Å². The monoisotopic (exact) mass is 256 g/mol. The van der Waals surface area contributed by atoms with Gasteiger partial charge < -0.3 is 15.8 Å². The standard InChI is InChI=1S/C15H16N2O2/c1-2-17-15(18)11-8-9-14(13(16)10-11)19-12-6-4-3-5-7-12/h3-10H,2,16H2,1H3,(H,17,18). The van der Waals surface area contributed by atoms with Gasteiger partial charge in [0.15, 0.2) is 0 Å². The maximum Gasteiger partial charge on any atom is 0.251 e. The first kappa shape index (κ1) is 13.0. The molecule has 0 fully saturated rings. The molecule has 2 rings (SSSR count). The second-order valence-electron chi connectivity index (χ2n) is 4.03. The zero-order valence-electron chi connectivity index (χ0n) is 10.7. The fourth-order valence-corrected chi connectivity index (χ4v) is 1.66. The average molecular weight is 256 g/mol. The van der Waals surface area contributed by atoms with Gasteiger partial charge in [0.05, 0.1) is 5.69 Å². The van der Waals surface area contributed by atoms with Gasteiger partial charge in [0.25, 0.3) is 5.91 Å². The number of hydrogen-bond acceptors (Lipinski definition) is 3. The fraction of sp³-hybridized carbons (Fsp3) is 0.133. The first-order valence-electron chi connectivity index (χ1n) is 6.11. The molecular formula is C15H16N2O2. The van der Waals surface area contributed by atoms with Crippen molar-refractivity contribution in [3.05, 3.63) is 54.1 Å². The molecule has 98 valence electrons. The van der Waals surface area contributed by atoms with Crippen LogP contribution in [0.2, 0.25) is 0 Å². The Morgan fingerprint density at radius 3 is 2.58 bits per heavy atom. The molecule has 2 aromatic rings. The van der Waals surface area contributed by atoms with Crippen LogP contribution >= 0.6 is 0 Å². The van der Waals surface area contributed by atoms with Crippen molar-refractivity contribution in [2.45, 2.75) is 6.92 Å². The maximum absolute atomic E-state index is 11.7. The summed E-state index contributed by atoms with van der Waals surface area (Å²) in [5.41, 5.74) is 6.86. The van der Waals surface area contributed by atoms with Crippen LogP contribution in [0.15, 0.2) is 48.5 Å². The molecule has 0 aromatic heterocycles. The quantitative estimate of drug-likeness (QED) is 0.827. The lowest BCUT2D eigenvalue weighted by atomic mass is 10.1. The molecule has 0 atom stereocenters. The summed E-state index contributed by atoms with van der Waals surface area (Å²) in [4.78, 5) is 11.7. The molecule has 0 unspecified atom stereocenters. The third-order valence-electron chi connectivity index (χ3n) is 2.58. The Kier molecular flexibility index (Phi) is 4.03. The lowest BCUT2D eigenvalue weighted by molar-refractivity contribution is 0.0956. The second kappa shape index (κ2) is 5.91. The van der Waals surface area contributed by atoms with Crippen LogP contribution in [0.25, 0.3) is 0 Å². The Morgan fingerprint density at radius 2 is 1.95 bits per heavy atom. The zero-order valence-corrected chi connectivity index (χ0v) is 10.7. The molecule has 0 aliphatic rings. The van der Waals surface area contributed by atoms with E-state index in [9.17, 15) is 4.79 Å². The van der Waals surface area contributed by atoms with E-state index in [1.807, 2.05) is 37.3 Å². The van der Waals surface area contributed by atoms with Gasteiger partial charge in [-0.05, 0) is 37.3 Å². The number of para-hydroxylation sites is 1. The van der Waals surface area contributed by atoms with Gasteiger partial charge in [-0.1, -0.05) is 18.2 Å². The van der Waals surface area contributed by atoms with E-state index in [1.54, 1.807) is 18.2 Å². The molecule has 3 N–H and O–H groups in total. The van der Waals surface area contributed by atoms with E-state index in [4.69, 9.17) is 10.5 Å². The molecule has 4 nitrogen and oxygen atoms in total. The predicted molar refractivity (Wildman–Crippen MR) is 75.4 cm³/mol. The smallest absolute Gasteiger partial charge is 0.251 e. The summed E-state index contributed by atoms with van der Waals surface area (Å²) >= 11 is 0. The van der Waals surface area contributed by atoms with E-state index in [1.165, 1.54) is 0 Å². The van der Waals surface area contributed by atoms with Crippen LogP contribution in [0.1, 0.15) is 17.3 Å². The van der Waals surface area contributed by atoms with Crippen LogP contribution < -0.4 is 15.8 Å². The number of benzene rings is 2. The molecule has 0 bridgehead atoms. The number of amides is 1. The topological polar surface area (TPSA) is 64.3 Å². The van der Waals surface area contributed by atoms with Crippen molar-refractivity contribution in [3.8, 4) is 11.5 Å². The van der Waals surface area contributed by atoms with Crippen molar-refractivity contribution in [1.29, 1.82) is 0 Å². The van der Waals surface area contributed by atoms with Crippen molar-refractivity contribution < 1.29 is 9.53 Å². The third kappa shape index (κ3) is 3.25. The Hall–Kier alpha value is -2.49. The first-order chi connectivity index (χ1) is 9.20. The van der Waals surface area contributed by atoms with Gasteiger partial charge in [0, 0.05) is 12.1 Å². The lowest BCUT2D eigenvalue weighted by Gasteiger charge is -2.10. The Morgan fingerprint density at radius 1 is 1.21 bits per heavy atom. The van der Waals surface area contributed by atoms with Gasteiger partial charge in [-0.2, -0.15) is 0 Å². The Balaban J connectivity index is 2.18. The predicted octanol–water partition coefficient (Wildman–Crippen LogP) is 2.81. The SMILES string of the molecule is CCNC(=O)c1ccc(Oc2ccccc2)c(N)c1. The minimum absolute atomic E-state index is 0.138. The van der Waals surface area contributed by atoms with E-state index in [-0.39, 0.29) is 5.91 Å². The number of ether oxygens (including phenoxy) is 1. The van der Waals surface area contributed by atoms with E-state index >= 15 is 0 Å². The van der Waals surface area contributed by atoms with Crippen molar-refractivity contribution in [2.75, 3.05) is 12.3 Å². The summed E-state index contributed by atoms with van der Waals surface area (Å²) in [7, 11) is 0. The maximum atomic E-state index is 11.7. The Bertz CT molecular complexity index is 568. The molecule has 4 heteroatoms. The van der Waals surface area contributed by atoms with Crippen LogP contribution in [0.5, 0.6) is 11.5 Å². The highest BCUT2D eigenvalue weighted by Gasteiger charge is 2.08. The Labute approximate surface area is 112 Å². The van der Waals surface area contributed by atoms with Crippen molar-refractivity contribution in [1.82, 2.24) is 5.32 Å². The number of anilines is 1. The highest BCUT2D eigenvalue weighted by Crippen LogP contribution is 2.27. The number of hydrogen-bond donors (Lipinski definition) is 2. The van der Waals surface area contributed by atoms with E-state index in [0.717, 1.165) is 0 Å². The number of nitrogens with one attached hydrogen (secondary N) is 1. The summed E-state index contributed by atoms with van der Waals surface area (Å²) < 4.78 is 5.65. The highest BCUT2D eigenvalue weighted by atomic mass is 16.5. The van der Waals surface area contributed by atoms with Crippen LogP contribution in [0, 0.1) is 0 Å². The van der Waals surface area contributed by atoms with Crippen molar-refractivity contribution in [3.63, 3.8) is 0 Å². The van der Waals surface area contributed by atoms with Crippen LogP contribution in [-0.4, -0.2) is 12.5 Å². The number of nitrogens with two attached hydrogens (primary N) is 1. The molecule has 2 aromatic carbocycles. The zero-order chi connectivity index (χ0) is 13.7. The third-order valence-corrected chi connectivity index (χ3v) is 2.58. The highest BCUT2D eigenvalue weighted by molar-refractivity contribution is 5.95. The van der Waals surface area contributed by atoms with Crippen molar-refractivity contribution >= 4 is 11.6 Å². The number of nitrogen functional groups attached to an aromatic ring is 1. The molecule has 0 saturated heterocycles.